The van der Waals surface area contributed by atoms with Gasteiger partial charge in [0, 0.05) is 12.0 Å². The molecule has 1 amide bonds. The number of aliphatic carboxylic acids is 1. The average molecular weight is 325 g/mol. The highest BCUT2D eigenvalue weighted by Crippen LogP contribution is 2.28. The summed E-state index contributed by atoms with van der Waals surface area (Å²) in [7, 11) is 0. The normalized spacial score (nSPS) is 13.8. The van der Waals surface area contributed by atoms with Crippen LogP contribution in [0.2, 0.25) is 0 Å². The van der Waals surface area contributed by atoms with Gasteiger partial charge in [0.25, 0.3) is 5.91 Å². The van der Waals surface area contributed by atoms with E-state index in [2.05, 4.69) is 5.32 Å². The summed E-state index contributed by atoms with van der Waals surface area (Å²) in [5, 5.41) is 12.2. The number of aryl methyl sites for hydroxylation is 1. The van der Waals surface area contributed by atoms with E-state index >= 15 is 0 Å². The summed E-state index contributed by atoms with van der Waals surface area (Å²) in [5.41, 5.74) is 3.85. The lowest BCUT2D eigenvalue weighted by molar-refractivity contribution is -0.139. The summed E-state index contributed by atoms with van der Waals surface area (Å²) in [6.45, 7) is 4.37. The minimum absolute atomic E-state index is 0.389. The van der Waals surface area contributed by atoms with Crippen LogP contribution in [-0.4, -0.2) is 23.6 Å². The third-order valence-electron chi connectivity index (χ3n) is 4.42. The Bertz CT molecular complexity index is 813. The van der Waals surface area contributed by atoms with Gasteiger partial charge in [0.15, 0.2) is 6.04 Å². The minimum atomic E-state index is -1.09. The molecule has 3 rings (SSSR count). The SMILES string of the molecule is Cc1cccc(C(=O)NC(C(=O)O)c2ccc3c(c2)CCO3)c1C. The molecule has 0 aromatic heterocycles. The number of ether oxygens (including phenoxy) is 1. The van der Waals surface area contributed by atoms with Gasteiger partial charge in [-0.15, -0.1) is 0 Å². The van der Waals surface area contributed by atoms with Gasteiger partial charge < -0.3 is 15.2 Å². The van der Waals surface area contributed by atoms with Crippen LogP contribution in [0, 0.1) is 13.8 Å². The number of carbonyl (C=O) groups excluding carboxylic acids is 1. The molecular weight excluding hydrogens is 306 g/mol. The second-order valence-electron chi connectivity index (χ2n) is 5.96. The fourth-order valence-electron chi connectivity index (χ4n) is 2.88. The fourth-order valence-corrected chi connectivity index (χ4v) is 2.88. The van der Waals surface area contributed by atoms with Crippen LogP contribution in [0.15, 0.2) is 36.4 Å². The number of amides is 1. The average Bonchev–Trinajstić information content (AvgIpc) is 3.02. The maximum atomic E-state index is 12.5. The molecule has 0 saturated carbocycles. The second kappa shape index (κ2) is 6.35. The number of rotatable bonds is 4. The van der Waals surface area contributed by atoms with Gasteiger partial charge in [-0.1, -0.05) is 18.2 Å². The molecule has 1 aliphatic rings. The van der Waals surface area contributed by atoms with Crippen LogP contribution in [0.5, 0.6) is 5.75 Å². The van der Waals surface area contributed by atoms with E-state index in [1.165, 1.54) is 0 Å². The van der Waals surface area contributed by atoms with E-state index in [4.69, 9.17) is 4.74 Å². The quantitative estimate of drug-likeness (QED) is 0.906. The third-order valence-corrected chi connectivity index (χ3v) is 4.42. The maximum Gasteiger partial charge on any atom is 0.330 e. The Kier molecular flexibility index (Phi) is 4.25. The number of carbonyl (C=O) groups is 2. The second-order valence-corrected chi connectivity index (χ2v) is 5.96. The Morgan fingerprint density at radius 2 is 2.00 bits per heavy atom. The van der Waals surface area contributed by atoms with Crippen LogP contribution in [0.1, 0.15) is 38.7 Å². The van der Waals surface area contributed by atoms with Crippen LogP contribution in [0.25, 0.3) is 0 Å². The molecule has 0 radical (unpaired) electrons. The van der Waals surface area contributed by atoms with Gasteiger partial charge in [0.05, 0.1) is 6.61 Å². The molecule has 5 heteroatoms. The molecule has 0 fully saturated rings. The van der Waals surface area contributed by atoms with Crippen molar-refractivity contribution in [2.24, 2.45) is 0 Å². The molecule has 0 aliphatic carbocycles. The van der Waals surface area contributed by atoms with Gasteiger partial charge in [0.2, 0.25) is 0 Å². The van der Waals surface area contributed by atoms with Crippen LogP contribution < -0.4 is 10.1 Å². The predicted molar refractivity (Wildman–Crippen MR) is 89.4 cm³/mol. The number of hydrogen-bond acceptors (Lipinski definition) is 3. The lowest BCUT2D eigenvalue weighted by atomic mass is 10.00. The van der Waals surface area contributed by atoms with E-state index in [1.54, 1.807) is 30.3 Å². The summed E-state index contributed by atoms with van der Waals surface area (Å²) in [6.07, 6.45) is 0.750. The molecule has 1 atom stereocenters. The predicted octanol–water partition coefficient (Wildman–Crippen LogP) is 2.79. The molecule has 0 saturated heterocycles. The molecule has 124 valence electrons. The molecular formula is C19H19NO4. The largest absolute Gasteiger partial charge is 0.493 e. The summed E-state index contributed by atoms with van der Waals surface area (Å²) < 4.78 is 5.44. The first kappa shape index (κ1) is 16.1. The fraction of sp³-hybridized carbons (Fsp3) is 0.263. The molecule has 0 bridgehead atoms. The van der Waals surface area contributed by atoms with Crippen molar-refractivity contribution in [3.8, 4) is 5.75 Å². The highest BCUT2D eigenvalue weighted by molar-refractivity contribution is 5.98. The number of benzene rings is 2. The Balaban J connectivity index is 1.88. The van der Waals surface area contributed by atoms with Crippen molar-refractivity contribution >= 4 is 11.9 Å². The lowest BCUT2D eigenvalue weighted by Gasteiger charge is -2.17. The summed E-state index contributed by atoms with van der Waals surface area (Å²) in [4.78, 5) is 24.2. The van der Waals surface area contributed by atoms with Gasteiger partial charge in [0.1, 0.15) is 5.75 Å². The summed E-state index contributed by atoms with van der Waals surface area (Å²) >= 11 is 0. The van der Waals surface area contributed by atoms with Crippen LogP contribution in [0.3, 0.4) is 0 Å². The highest BCUT2D eigenvalue weighted by atomic mass is 16.5. The number of hydrogen-bond donors (Lipinski definition) is 2. The van der Waals surface area contributed by atoms with E-state index in [0.29, 0.717) is 17.7 Å². The van der Waals surface area contributed by atoms with E-state index in [1.807, 2.05) is 19.9 Å². The molecule has 1 heterocycles. The van der Waals surface area contributed by atoms with Crippen molar-refractivity contribution in [2.75, 3.05) is 6.61 Å². The van der Waals surface area contributed by atoms with Gasteiger partial charge in [-0.25, -0.2) is 4.79 Å². The topological polar surface area (TPSA) is 75.6 Å². The van der Waals surface area contributed by atoms with E-state index in [-0.39, 0.29) is 5.91 Å². The smallest absolute Gasteiger partial charge is 0.330 e. The highest BCUT2D eigenvalue weighted by Gasteiger charge is 2.25. The van der Waals surface area contributed by atoms with Crippen molar-refractivity contribution in [2.45, 2.75) is 26.3 Å². The monoisotopic (exact) mass is 325 g/mol. The van der Waals surface area contributed by atoms with Crippen LogP contribution in [0.4, 0.5) is 0 Å². The Morgan fingerprint density at radius 1 is 1.21 bits per heavy atom. The molecule has 0 spiro atoms. The molecule has 2 aromatic rings. The van der Waals surface area contributed by atoms with Crippen molar-refractivity contribution in [1.29, 1.82) is 0 Å². The zero-order valence-electron chi connectivity index (χ0n) is 13.6. The zero-order chi connectivity index (χ0) is 17.3. The molecule has 2 aromatic carbocycles. The molecule has 1 unspecified atom stereocenters. The molecule has 24 heavy (non-hydrogen) atoms. The number of carboxylic acids is 1. The van der Waals surface area contributed by atoms with Crippen molar-refractivity contribution in [3.63, 3.8) is 0 Å². The van der Waals surface area contributed by atoms with Gasteiger partial charge in [-0.2, -0.15) is 0 Å². The Labute approximate surface area is 140 Å². The van der Waals surface area contributed by atoms with Crippen molar-refractivity contribution < 1.29 is 19.4 Å². The number of carboxylic acid groups (broad SMARTS) is 1. The first-order chi connectivity index (χ1) is 11.5. The van der Waals surface area contributed by atoms with E-state index in [0.717, 1.165) is 28.9 Å². The van der Waals surface area contributed by atoms with Crippen molar-refractivity contribution in [1.82, 2.24) is 5.32 Å². The minimum Gasteiger partial charge on any atom is -0.493 e. The Hall–Kier alpha value is -2.82. The van der Waals surface area contributed by atoms with Crippen molar-refractivity contribution in [3.05, 3.63) is 64.2 Å². The van der Waals surface area contributed by atoms with Gasteiger partial charge in [-0.3, -0.25) is 4.79 Å². The summed E-state index contributed by atoms with van der Waals surface area (Å²) in [6, 6.07) is 9.56. The zero-order valence-corrected chi connectivity index (χ0v) is 13.6. The lowest BCUT2D eigenvalue weighted by Crippen LogP contribution is -2.34. The van der Waals surface area contributed by atoms with Crippen LogP contribution >= 0.6 is 0 Å². The standard InChI is InChI=1S/C19H19NO4/c1-11-4-3-5-15(12(11)2)18(21)20-17(19(22)23)14-6-7-16-13(10-14)8-9-24-16/h3-7,10,17H,8-9H2,1-2H3,(H,20,21)(H,22,23). The van der Waals surface area contributed by atoms with Gasteiger partial charge in [-0.05, 0) is 54.3 Å². The third kappa shape index (κ3) is 2.97. The maximum absolute atomic E-state index is 12.5. The molecule has 1 aliphatic heterocycles. The summed E-state index contributed by atoms with van der Waals surface area (Å²) in [5.74, 6) is -0.698. The van der Waals surface area contributed by atoms with E-state index < -0.39 is 12.0 Å². The first-order valence-electron chi connectivity index (χ1n) is 7.83. The van der Waals surface area contributed by atoms with Gasteiger partial charge >= 0.3 is 5.97 Å². The molecule has 2 N–H and O–H groups in total. The first-order valence-corrected chi connectivity index (χ1v) is 7.83. The Morgan fingerprint density at radius 3 is 2.75 bits per heavy atom. The number of fused-ring (bicyclic) bond motifs is 1. The molecule has 5 nitrogen and oxygen atoms in total. The number of nitrogens with one attached hydrogen (secondary N) is 1. The van der Waals surface area contributed by atoms with Crippen LogP contribution in [-0.2, 0) is 11.2 Å². The van der Waals surface area contributed by atoms with E-state index in [9.17, 15) is 14.7 Å².